The molecule has 33 heavy (non-hydrogen) atoms. The Balaban J connectivity index is 1.55. The number of carbonyl (C=O) groups excluding carboxylic acids is 1. The topological polar surface area (TPSA) is 91.0 Å². The molecule has 2 aliphatic heterocycles. The summed E-state index contributed by atoms with van der Waals surface area (Å²) in [5.74, 6) is -0.277. The lowest BCUT2D eigenvalue weighted by atomic mass is 10.2. The number of halogens is 1. The van der Waals surface area contributed by atoms with Crippen LogP contribution < -0.4 is 15.5 Å². The zero-order valence-electron chi connectivity index (χ0n) is 18.4. The highest BCUT2D eigenvalue weighted by atomic mass is 35.5. The predicted octanol–water partition coefficient (Wildman–Crippen LogP) is 3.40. The monoisotopic (exact) mass is 492 g/mol. The van der Waals surface area contributed by atoms with E-state index >= 15 is 0 Å². The van der Waals surface area contributed by atoms with Crippen molar-refractivity contribution in [3.8, 4) is 0 Å². The van der Waals surface area contributed by atoms with Gasteiger partial charge in [0.25, 0.3) is 0 Å². The van der Waals surface area contributed by atoms with Gasteiger partial charge in [0.05, 0.1) is 46.7 Å². The van der Waals surface area contributed by atoms with E-state index in [0.29, 0.717) is 55.8 Å². The van der Waals surface area contributed by atoms with Crippen molar-refractivity contribution in [1.82, 2.24) is 4.31 Å². The van der Waals surface area contributed by atoms with Crippen molar-refractivity contribution < 1.29 is 17.9 Å². The number of piperidine rings is 1. The number of benzene rings is 2. The van der Waals surface area contributed by atoms with E-state index in [9.17, 15) is 13.2 Å². The second-order valence-corrected chi connectivity index (χ2v) is 10.5. The van der Waals surface area contributed by atoms with Gasteiger partial charge in [0, 0.05) is 26.2 Å². The molecule has 4 rings (SSSR count). The molecule has 8 nitrogen and oxygen atoms in total. The van der Waals surface area contributed by atoms with Crippen molar-refractivity contribution in [1.29, 1.82) is 0 Å². The third kappa shape index (κ3) is 5.78. The van der Waals surface area contributed by atoms with E-state index in [0.717, 1.165) is 24.9 Å². The van der Waals surface area contributed by atoms with Gasteiger partial charge in [0.2, 0.25) is 15.9 Å². The Hall–Kier alpha value is -2.33. The Morgan fingerprint density at radius 3 is 2.42 bits per heavy atom. The molecule has 10 heteroatoms. The van der Waals surface area contributed by atoms with Crippen LogP contribution in [-0.4, -0.2) is 64.6 Å². The molecule has 0 saturated carbocycles. The molecule has 2 aromatic carbocycles. The van der Waals surface area contributed by atoms with Gasteiger partial charge in [-0.2, -0.15) is 4.31 Å². The predicted molar refractivity (Wildman–Crippen MR) is 131 cm³/mol. The Kier molecular flexibility index (Phi) is 7.75. The minimum Gasteiger partial charge on any atom is -0.378 e. The Morgan fingerprint density at radius 2 is 1.70 bits per heavy atom. The molecule has 2 saturated heterocycles. The SMILES string of the molecule is O=C(CNc1cc(S(=O)(=O)N2CCCCC2)ccc1N1CCOCC1)Nc1ccccc1Cl. The van der Waals surface area contributed by atoms with Crippen LogP contribution in [0.5, 0.6) is 0 Å². The first-order valence-electron chi connectivity index (χ1n) is 11.2. The summed E-state index contributed by atoms with van der Waals surface area (Å²) in [6, 6.07) is 12.1. The fourth-order valence-electron chi connectivity index (χ4n) is 4.08. The van der Waals surface area contributed by atoms with Crippen molar-refractivity contribution >= 4 is 44.6 Å². The Bertz CT molecular complexity index is 1080. The highest BCUT2D eigenvalue weighted by molar-refractivity contribution is 7.89. The van der Waals surface area contributed by atoms with E-state index in [-0.39, 0.29) is 17.3 Å². The van der Waals surface area contributed by atoms with Crippen LogP contribution in [0.15, 0.2) is 47.4 Å². The Labute approximate surface area is 199 Å². The van der Waals surface area contributed by atoms with Crippen LogP contribution in [0, 0.1) is 0 Å². The second-order valence-electron chi connectivity index (χ2n) is 8.12. The number of hydrogen-bond acceptors (Lipinski definition) is 6. The fraction of sp³-hybridized carbons (Fsp3) is 0.435. The number of carbonyl (C=O) groups is 1. The van der Waals surface area contributed by atoms with Crippen LogP contribution in [0.3, 0.4) is 0 Å². The summed E-state index contributed by atoms with van der Waals surface area (Å²) in [5, 5.41) is 6.38. The highest BCUT2D eigenvalue weighted by Crippen LogP contribution is 2.31. The van der Waals surface area contributed by atoms with E-state index in [1.54, 1.807) is 40.7 Å². The first-order chi connectivity index (χ1) is 15.9. The van der Waals surface area contributed by atoms with Crippen LogP contribution in [0.1, 0.15) is 19.3 Å². The van der Waals surface area contributed by atoms with Gasteiger partial charge in [-0.25, -0.2) is 8.42 Å². The van der Waals surface area contributed by atoms with Gasteiger partial charge in [-0.1, -0.05) is 30.2 Å². The summed E-state index contributed by atoms with van der Waals surface area (Å²) < 4.78 is 33.4. The van der Waals surface area contributed by atoms with Gasteiger partial charge in [-0.3, -0.25) is 4.79 Å². The van der Waals surface area contributed by atoms with Crippen molar-refractivity contribution in [3.05, 3.63) is 47.5 Å². The number of rotatable bonds is 7. The number of nitrogens with zero attached hydrogens (tertiary/aromatic N) is 2. The van der Waals surface area contributed by atoms with Gasteiger partial charge < -0.3 is 20.3 Å². The number of morpholine rings is 1. The van der Waals surface area contributed by atoms with E-state index in [2.05, 4.69) is 15.5 Å². The third-order valence-electron chi connectivity index (χ3n) is 5.86. The van der Waals surface area contributed by atoms with E-state index in [4.69, 9.17) is 16.3 Å². The molecule has 0 radical (unpaired) electrons. The Morgan fingerprint density at radius 1 is 0.970 bits per heavy atom. The third-order valence-corrected chi connectivity index (χ3v) is 8.08. The molecule has 2 heterocycles. The van der Waals surface area contributed by atoms with Crippen molar-refractivity contribution in [3.63, 3.8) is 0 Å². The largest absolute Gasteiger partial charge is 0.378 e. The van der Waals surface area contributed by atoms with Gasteiger partial charge in [0.15, 0.2) is 0 Å². The van der Waals surface area contributed by atoms with Crippen LogP contribution in [0.2, 0.25) is 5.02 Å². The van der Waals surface area contributed by atoms with Crippen molar-refractivity contribution in [2.75, 3.05) is 61.5 Å². The smallest absolute Gasteiger partial charge is 0.243 e. The van der Waals surface area contributed by atoms with E-state index in [1.165, 1.54) is 0 Å². The van der Waals surface area contributed by atoms with E-state index < -0.39 is 10.0 Å². The summed E-state index contributed by atoms with van der Waals surface area (Å²) >= 11 is 6.13. The molecular formula is C23H29ClN4O4S. The number of anilines is 3. The summed E-state index contributed by atoms with van der Waals surface area (Å²) in [4.78, 5) is 14.9. The molecule has 1 amide bonds. The lowest BCUT2D eigenvalue weighted by molar-refractivity contribution is -0.114. The molecular weight excluding hydrogens is 464 g/mol. The zero-order chi connectivity index (χ0) is 23.3. The molecule has 2 fully saturated rings. The molecule has 0 spiro atoms. The number of sulfonamides is 1. The second kappa shape index (κ2) is 10.7. The minimum atomic E-state index is -3.59. The first kappa shape index (κ1) is 23.8. The molecule has 0 aromatic heterocycles. The first-order valence-corrected chi connectivity index (χ1v) is 13.0. The van der Waals surface area contributed by atoms with Crippen LogP contribution in [-0.2, 0) is 19.6 Å². The normalized spacial score (nSPS) is 17.5. The maximum absolute atomic E-state index is 13.2. The summed E-state index contributed by atoms with van der Waals surface area (Å²) in [5.41, 5.74) is 1.98. The number of hydrogen-bond donors (Lipinski definition) is 2. The average Bonchev–Trinajstić information content (AvgIpc) is 2.85. The number of amides is 1. The molecule has 2 aromatic rings. The van der Waals surface area contributed by atoms with Crippen LogP contribution >= 0.6 is 11.6 Å². The van der Waals surface area contributed by atoms with Crippen molar-refractivity contribution in [2.24, 2.45) is 0 Å². The maximum Gasteiger partial charge on any atom is 0.243 e. The highest BCUT2D eigenvalue weighted by Gasteiger charge is 2.27. The van der Waals surface area contributed by atoms with Crippen molar-refractivity contribution in [2.45, 2.75) is 24.2 Å². The number of nitrogens with one attached hydrogen (secondary N) is 2. The minimum absolute atomic E-state index is 0.0320. The molecule has 0 bridgehead atoms. The van der Waals surface area contributed by atoms with Gasteiger partial charge in [-0.15, -0.1) is 0 Å². The number of para-hydroxylation sites is 1. The van der Waals surface area contributed by atoms with Gasteiger partial charge in [0.1, 0.15) is 0 Å². The average molecular weight is 493 g/mol. The number of ether oxygens (including phenoxy) is 1. The standard InChI is InChI=1S/C23H29ClN4O4S/c24-19-6-2-3-7-20(19)26-23(29)17-25-21-16-18(33(30,31)28-10-4-1-5-11-28)8-9-22(21)27-12-14-32-15-13-27/h2-3,6-9,16,25H,1,4-5,10-15,17H2,(H,26,29). The summed E-state index contributed by atoms with van der Waals surface area (Å²) in [6.45, 7) is 3.63. The van der Waals surface area contributed by atoms with E-state index in [1.807, 2.05) is 6.07 Å². The molecule has 0 aliphatic carbocycles. The molecule has 0 atom stereocenters. The van der Waals surface area contributed by atoms with Crippen LogP contribution in [0.25, 0.3) is 0 Å². The lowest BCUT2D eigenvalue weighted by Gasteiger charge is -2.31. The lowest BCUT2D eigenvalue weighted by Crippen LogP contribution is -2.37. The molecule has 178 valence electrons. The van der Waals surface area contributed by atoms with Gasteiger partial charge in [-0.05, 0) is 43.2 Å². The van der Waals surface area contributed by atoms with Crippen LogP contribution in [0.4, 0.5) is 17.1 Å². The summed E-state index contributed by atoms with van der Waals surface area (Å²) in [6.07, 6.45) is 2.80. The summed E-state index contributed by atoms with van der Waals surface area (Å²) in [7, 11) is -3.59. The van der Waals surface area contributed by atoms with Gasteiger partial charge >= 0.3 is 0 Å². The fourth-order valence-corrected chi connectivity index (χ4v) is 5.81. The molecule has 2 N–H and O–H groups in total. The molecule has 2 aliphatic rings. The quantitative estimate of drug-likeness (QED) is 0.615. The zero-order valence-corrected chi connectivity index (χ0v) is 20.0. The maximum atomic E-state index is 13.2. The molecule has 0 unspecified atom stereocenters.